The predicted molar refractivity (Wildman–Crippen MR) is 100 cm³/mol. The Kier molecular flexibility index (Phi) is 4.37. The predicted octanol–water partition coefficient (Wildman–Crippen LogP) is 3.35. The van der Waals surface area contributed by atoms with E-state index in [-0.39, 0.29) is 0 Å². The van der Waals surface area contributed by atoms with Crippen LogP contribution in [0, 0.1) is 5.92 Å². The van der Waals surface area contributed by atoms with Crippen molar-refractivity contribution in [2.24, 2.45) is 15.4 Å². The molecule has 1 saturated carbocycles. The van der Waals surface area contributed by atoms with Crippen molar-refractivity contribution in [2.75, 3.05) is 6.54 Å². The van der Waals surface area contributed by atoms with E-state index in [0.717, 1.165) is 30.4 Å². The lowest BCUT2D eigenvalue weighted by Crippen LogP contribution is -2.13. The van der Waals surface area contributed by atoms with E-state index in [4.69, 9.17) is 9.88 Å². The van der Waals surface area contributed by atoms with Crippen molar-refractivity contribution < 1.29 is 8.95 Å². The molecule has 0 spiro atoms. The van der Waals surface area contributed by atoms with Crippen molar-refractivity contribution >= 4 is 20.9 Å². The van der Waals surface area contributed by atoms with Gasteiger partial charge in [-0.3, -0.25) is 0 Å². The van der Waals surface area contributed by atoms with E-state index in [1.807, 2.05) is 11.6 Å². The molecule has 2 N–H and O–H groups in total. The summed E-state index contributed by atoms with van der Waals surface area (Å²) in [5, 5.41) is 11.1. The second kappa shape index (κ2) is 6.69. The molecule has 26 heavy (non-hydrogen) atoms. The third kappa shape index (κ3) is 3.42. The summed E-state index contributed by atoms with van der Waals surface area (Å²) in [4.78, 5) is 4.87. The highest BCUT2D eigenvalue weighted by Gasteiger charge is 2.21. The van der Waals surface area contributed by atoms with Crippen LogP contribution in [0.2, 0.25) is 0 Å². The van der Waals surface area contributed by atoms with Gasteiger partial charge in [0, 0.05) is 12.7 Å². The molecule has 0 bridgehead atoms. The Labute approximate surface area is 152 Å². The zero-order chi connectivity index (χ0) is 18.1. The smallest absolute Gasteiger partial charge is 0.161 e. The molecule has 1 atom stereocenters. The van der Waals surface area contributed by atoms with Gasteiger partial charge < -0.3 is 4.74 Å². The van der Waals surface area contributed by atoms with E-state index in [1.165, 1.54) is 0 Å². The second-order valence-corrected chi connectivity index (χ2v) is 8.27. The molecule has 1 aliphatic carbocycles. The number of fused-ring (bicyclic) bond motifs is 1. The maximum Gasteiger partial charge on any atom is 0.161 e. The summed E-state index contributed by atoms with van der Waals surface area (Å²) >= 11 is 0. The highest BCUT2D eigenvalue weighted by atomic mass is 32.2. The topological polar surface area (TPSA) is 95.4 Å². The standard InChI is InChI=1S/C18H21N5O2S/c1-2-23-18-16(12-21-23)17(9-10-20-18)25-14-5-7-15(8-6-14)26(19,24)22-11-13-3-4-13/h5-10,12-13H,2-4,11H2,1H3,(H2,19,22,24). The summed E-state index contributed by atoms with van der Waals surface area (Å²) in [5.41, 5.74) is 0.783. The SMILES string of the molecule is CCn1ncc2c(Oc3ccc(S(N)(=O)=NCC4CC4)cc3)ccnc21. The fourth-order valence-electron chi connectivity index (χ4n) is 2.70. The minimum atomic E-state index is -2.84. The molecule has 2 heterocycles. The molecule has 1 aromatic carbocycles. The molecule has 0 saturated heterocycles. The van der Waals surface area contributed by atoms with Crippen LogP contribution in [-0.4, -0.2) is 25.5 Å². The molecule has 1 fully saturated rings. The number of nitrogens with two attached hydrogens (primary N) is 1. The first kappa shape index (κ1) is 17.0. The lowest BCUT2D eigenvalue weighted by Gasteiger charge is -2.09. The molecular weight excluding hydrogens is 350 g/mol. The molecule has 7 nitrogen and oxygen atoms in total. The van der Waals surface area contributed by atoms with E-state index in [1.54, 1.807) is 42.7 Å². The summed E-state index contributed by atoms with van der Waals surface area (Å²) in [6, 6.07) is 8.73. The van der Waals surface area contributed by atoms with Gasteiger partial charge in [-0.2, -0.15) is 5.10 Å². The Bertz CT molecular complexity index is 1050. The first-order chi connectivity index (χ1) is 12.6. The second-order valence-electron chi connectivity index (χ2n) is 6.40. The summed E-state index contributed by atoms with van der Waals surface area (Å²) in [7, 11) is -2.84. The summed E-state index contributed by atoms with van der Waals surface area (Å²) in [5.74, 6) is 1.86. The molecule has 4 rings (SSSR count). The minimum Gasteiger partial charge on any atom is -0.456 e. The number of hydrogen-bond donors (Lipinski definition) is 1. The molecule has 8 heteroatoms. The zero-order valence-electron chi connectivity index (χ0n) is 14.5. The summed E-state index contributed by atoms with van der Waals surface area (Å²) in [6.07, 6.45) is 5.75. The van der Waals surface area contributed by atoms with Crippen molar-refractivity contribution in [2.45, 2.75) is 31.2 Å². The zero-order valence-corrected chi connectivity index (χ0v) is 15.4. The van der Waals surface area contributed by atoms with Crippen LogP contribution < -0.4 is 9.88 Å². The van der Waals surface area contributed by atoms with E-state index in [0.29, 0.717) is 28.9 Å². The maximum atomic E-state index is 12.6. The van der Waals surface area contributed by atoms with Crippen LogP contribution >= 0.6 is 0 Å². The number of hydrogen-bond acceptors (Lipinski definition) is 5. The van der Waals surface area contributed by atoms with Crippen molar-refractivity contribution in [3.63, 3.8) is 0 Å². The normalized spacial score (nSPS) is 16.4. The van der Waals surface area contributed by atoms with Crippen LogP contribution in [0.15, 0.2) is 52.0 Å². The molecule has 136 valence electrons. The lowest BCUT2D eigenvalue weighted by atomic mass is 10.3. The molecule has 0 aliphatic heterocycles. The average Bonchev–Trinajstić information content (AvgIpc) is 3.38. The van der Waals surface area contributed by atoms with Crippen LogP contribution in [-0.2, 0) is 16.5 Å². The summed E-state index contributed by atoms with van der Waals surface area (Å²) < 4.78 is 24.5. The number of aromatic nitrogens is 3. The highest BCUT2D eigenvalue weighted by molar-refractivity contribution is 7.91. The number of benzene rings is 1. The fraction of sp³-hybridized carbons (Fsp3) is 0.333. The number of ether oxygens (including phenoxy) is 1. The van der Waals surface area contributed by atoms with Gasteiger partial charge in [0.25, 0.3) is 0 Å². The van der Waals surface area contributed by atoms with Gasteiger partial charge >= 0.3 is 0 Å². The Morgan fingerprint density at radius 2 is 2.08 bits per heavy atom. The van der Waals surface area contributed by atoms with Gasteiger partial charge in [-0.15, -0.1) is 0 Å². The van der Waals surface area contributed by atoms with Gasteiger partial charge in [0.2, 0.25) is 0 Å². The van der Waals surface area contributed by atoms with Gasteiger partial charge in [-0.1, -0.05) is 0 Å². The van der Waals surface area contributed by atoms with Crippen molar-refractivity contribution in [3.8, 4) is 11.5 Å². The Morgan fingerprint density at radius 3 is 2.77 bits per heavy atom. The van der Waals surface area contributed by atoms with Gasteiger partial charge in [0.15, 0.2) is 5.65 Å². The number of pyridine rings is 1. The minimum absolute atomic E-state index is 0.518. The molecule has 1 unspecified atom stereocenters. The highest BCUT2D eigenvalue weighted by Crippen LogP contribution is 2.31. The third-order valence-electron chi connectivity index (χ3n) is 4.41. The molecule has 0 radical (unpaired) electrons. The first-order valence-corrected chi connectivity index (χ1v) is 10.2. The monoisotopic (exact) mass is 371 g/mol. The lowest BCUT2D eigenvalue weighted by molar-refractivity contribution is 0.487. The van der Waals surface area contributed by atoms with E-state index < -0.39 is 9.92 Å². The molecular formula is C18H21N5O2S. The Balaban J connectivity index is 1.57. The quantitative estimate of drug-likeness (QED) is 0.719. The number of nitrogens with zero attached hydrogens (tertiary/aromatic N) is 4. The van der Waals surface area contributed by atoms with Crippen LogP contribution in [0.1, 0.15) is 19.8 Å². The fourth-order valence-corrected chi connectivity index (χ4v) is 3.80. The third-order valence-corrected chi connectivity index (χ3v) is 5.89. The first-order valence-electron chi connectivity index (χ1n) is 8.66. The van der Waals surface area contributed by atoms with Gasteiger partial charge in [-0.25, -0.2) is 23.4 Å². The van der Waals surface area contributed by atoms with E-state index >= 15 is 0 Å². The van der Waals surface area contributed by atoms with Gasteiger partial charge in [0.05, 0.1) is 23.0 Å². The Morgan fingerprint density at radius 1 is 1.31 bits per heavy atom. The maximum absolute atomic E-state index is 12.6. The van der Waals surface area contributed by atoms with Crippen molar-refractivity contribution in [3.05, 3.63) is 42.7 Å². The Hall–Kier alpha value is -2.45. The van der Waals surface area contributed by atoms with Crippen LogP contribution in [0.4, 0.5) is 0 Å². The van der Waals surface area contributed by atoms with E-state index in [2.05, 4.69) is 14.4 Å². The van der Waals surface area contributed by atoms with Gasteiger partial charge in [-0.05, 0) is 56.0 Å². The molecule has 3 aromatic rings. The summed E-state index contributed by atoms with van der Waals surface area (Å²) in [6.45, 7) is 3.33. The number of aryl methyl sites for hydroxylation is 1. The van der Waals surface area contributed by atoms with E-state index in [9.17, 15) is 4.21 Å². The van der Waals surface area contributed by atoms with Crippen molar-refractivity contribution in [1.82, 2.24) is 14.8 Å². The molecule has 0 amide bonds. The van der Waals surface area contributed by atoms with Crippen LogP contribution in [0.5, 0.6) is 11.5 Å². The van der Waals surface area contributed by atoms with Crippen LogP contribution in [0.3, 0.4) is 0 Å². The average molecular weight is 371 g/mol. The van der Waals surface area contributed by atoms with Crippen LogP contribution in [0.25, 0.3) is 11.0 Å². The number of rotatable bonds is 6. The van der Waals surface area contributed by atoms with Crippen molar-refractivity contribution in [1.29, 1.82) is 0 Å². The van der Waals surface area contributed by atoms with Gasteiger partial charge in [0.1, 0.15) is 21.4 Å². The molecule has 2 aromatic heterocycles. The molecule has 1 aliphatic rings. The largest absolute Gasteiger partial charge is 0.456 e.